The van der Waals surface area contributed by atoms with E-state index in [4.69, 9.17) is 9.47 Å². The summed E-state index contributed by atoms with van der Waals surface area (Å²) < 4.78 is 51.6. The Bertz CT molecular complexity index is 837. The van der Waals surface area contributed by atoms with Crippen molar-refractivity contribution in [2.75, 3.05) is 0 Å². The van der Waals surface area contributed by atoms with E-state index >= 15 is 0 Å². The van der Waals surface area contributed by atoms with E-state index in [1.54, 1.807) is 20.8 Å². The van der Waals surface area contributed by atoms with E-state index < -0.39 is 53.2 Å². The van der Waals surface area contributed by atoms with Crippen molar-refractivity contribution in [3.63, 3.8) is 0 Å². The smallest absolute Gasteiger partial charge is 0.408 e. The zero-order valence-corrected chi connectivity index (χ0v) is 18.9. The lowest BCUT2D eigenvalue weighted by atomic mass is 9.87. The summed E-state index contributed by atoms with van der Waals surface area (Å²) in [5.41, 5.74) is -0.153. The van der Waals surface area contributed by atoms with Gasteiger partial charge in [0.25, 0.3) is 0 Å². The second-order valence-electron chi connectivity index (χ2n) is 8.30. The highest BCUT2D eigenvalue weighted by Gasteiger charge is 2.29. The monoisotopic (exact) mass is 441 g/mol. The van der Waals surface area contributed by atoms with E-state index in [0.29, 0.717) is 5.56 Å². The van der Waals surface area contributed by atoms with Crippen LogP contribution < -0.4 is 5.32 Å². The maximum atomic E-state index is 14.5. The molecule has 0 aliphatic carbocycles. The first-order chi connectivity index (χ1) is 14.2. The van der Waals surface area contributed by atoms with Crippen molar-refractivity contribution >= 4 is 12.1 Å². The molecule has 0 spiro atoms. The van der Waals surface area contributed by atoms with Gasteiger partial charge in [-0.1, -0.05) is 12.1 Å². The Morgan fingerprint density at radius 3 is 2.10 bits per heavy atom. The number of allylic oxidation sites excluding steroid dienone is 3. The van der Waals surface area contributed by atoms with Gasteiger partial charge >= 0.3 is 12.1 Å². The standard InChI is InChI=1S/C23H30F3NO4/c1-13(24)12-19(26)14(2)20(17-8-10-18(25)11-9-17)16(4)30-21(28)15(3)27-22(29)31-23(5,6)7/h8-12,15-16,20H,1-7H3,(H,27,29)/b13-12+,19-14-/t15-,16-,20-/m0/s1. The van der Waals surface area contributed by atoms with Crippen LogP contribution in [0.2, 0.25) is 0 Å². The molecule has 0 fully saturated rings. The second-order valence-corrected chi connectivity index (χ2v) is 8.30. The summed E-state index contributed by atoms with van der Waals surface area (Å²) in [6, 6.07) is 4.24. The van der Waals surface area contributed by atoms with Crippen molar-refractivity contribution in [1.82, 2.24) is 5.32 Å². The van der Waals surface area contributed by atoms with Gasteiger partial charge in [-0.05, 0) is 71.7 Å². The van der Waals surface area contributed by atoms with Gasteiger partial charge in [-0.3, -0.25) is 0 Å². The molecule has 0 radical (unpaired) electrons. The highest BCUT2D eigenvalue weighted by molar-refractivity contribution is 5.81. The Hall–Kier alpha value is -2.77. The number of amides is 1. The number of ether oxygens (including phenoxy) is 2. The first-order valence-electron chi connectivity index (χ1n) is 9.86. The molecule has 0 aromatic heterocycles. The maximum absolute atomic E-state index is 14.5. The van der Waals surface area contributed by atoms with Crippen LogP contribution in [0.1, 0.15) is 59.9 Å². The molecule has 31 heavy (non-hydrogen) atoms. The van der Waals surface area contributed by atoms with Crippen LogP contribution in [0.15, 0.2) is 47.6 Å². The number of benzene rings is 1. The number of rotatable bonds is 7. The normalized spacial score (nSPS) is 16.0. The topological polar surface area (TPSA) is 64.6 Å². The summed E-state index contributed by atoms with van der Waals surface area (Å²) in [6.45, 7) is 10.6. The van der Waals surface area contributed by atoms with Crippen molar-refractivity contribution in [3.8, 4) is 0 Å². The maximum Gasteiger partial charge on any atom is 0.408 e. The van der Waals surface area contributed by atoms with E-state index in [1.165, 1.54) is 45.0 Å². The fourth-order valence-electron chi connectivity index (χ4n) is 2.88. The van der Waals surface area contributed by atoms with Crippen molar-refractivity contribution in [2.24, 2.45) is 0 Å². The summed E-state index contributed by atoms with van der Waals surface area (Å²) in [5, 5.41) is 2.38. The fraction of sp³-hybridized carbons (Fsp3) is 0.478. The predicted octanol–water partition coefficient (Wildman–Crippen LogP) is 5.87. The SMILES string of the molecule is C/C(=C(F)\C=C(/C)F)[C@H](c1ccc(F)cc1)[C@H](C)OC(=O)[C@H](C)NC(=O)OC(C)(C)C. The number of esters is 1. The van der Waals surface area contributed by atoms with E-state index in [9.17, 15) is 22.8 Å². The molecule has 1 aromatic rings. The van der Waals surface area contributed by atoms with Crippen LogP contribution >= 0.6 is 0 Å². The third kappa shape index (κ3) is 8.86. The molecule has 0 saturated heterocycles. The van der Waals surface area contributed by atoms with Crippen molar-refractivity contribution in [1.29, 1.82) is 0 Å². The molecule has 5 nitrogen and oxygen atoms in total. The Balaban J connectivity index is 3.08. The van der Waals surface area contributed by atoms with Crippen LogP contribution in [-0.4, -0.2) is 29.8 Å². The number of nitrogens with one attached hydrogen (secondary N) is 1. The lowest BCUT2D eigenvalue weighted by molar-refractivity contribution is -0.151. The Morgan fingerprint density at radius 2 is 1.61 bits per heavy atom. The quantitative estimate of drug-likeness (QED) is 0.425. The summed E-state index contributed by atoms with van der Waals surface area (Å²) in [4.78, 5) is 24.4. The average Bonchev–Trinajstić information content (AvgIpc) is 2.61. The minimum absolute atomic E-state index is 0.108. The molecule has 0 bridgehead atoms. The zero-order chi connectivity index (χ0) is 23.9. The minimum atomic E-state index is -1.03. The first-order valence-corrected chi connectivity index (χ1v) is 9.86. The van der Waals surface area contributed by atoms with Crippen LogP contribution in [-0.2, 0) is 14.3 Å². The summed E-state index contributed by atoms with van der Waals surface area (Å²) in [5.74, 6) is -3.61. The average molecular weight is 441 g/mol. The number of hydrogen-bond donors (Lipinski definition) is 1. The zero-order valence-electron chi connectivity index (χ0n) is 18.9. The third-order valence-corrected chi connectivity index (χ3v) is 4.26. The molecule has 1 aromatic carbocycles. The van der Waals surface area contributed by atoms with E-state index in [1.807, 2.05) is 0 Å². The molecular weight excluding hydrogens is 411 g/mol. The van der Waals surface area contributed by atoms with Crippen molar-refractivity contribution < 1.29 is 32.2 Å². The lowest BCUT2D eigenvalue weighted by Gasteiger charge is -2.27. The molecule has 0 saturated carbocycles. The second kappa shape index (κ2) is 11.0. The van der Waals surface area contributed by atoms with Crippen LogP contribution in [0, 0.1) is 5.82 Å². The molecule has 0 aliphatic rings. The Labute approximate surface area is 181 Å². The molecule has 8 heteroatoms. The minimum Gasteiger partial charge on any atom is -0.460 e. The van der Waals surface area contributed by atoms with Crippen LogP contribution in [0.4, 0.5) is 18.0 Å². The highest BCUT2D eigenvalue weighted by atomic mass is 19.1. The fourth-order valence-corrected chi connectivity index (χ4v) is 2.88. The molecule has 1 N–H and O–H groups in total. The number of halogens is 3. The highest BCUT2D eigenvalue weighted by Crippen LogP contribution is 2.33. The Kier molecular flexibility index (Phi) is 9.34. The molecule has 0 unspecified atom stereocenters. The van der Waals surface area contributed by atoms with Gasteiger partial charge in [0.15, 0.2) is 0 Å². The molecule has 3 atom stereocenters. The van der Waals surface area contributed by atoms with Crippen LogP contribution in [0.3, 0.4) is 0 Å². The van der Waals surface area contributed by atoms with Gasteiger partial charge in [-0.15, -0.1) is 0 Å². The van der Waals surface area contributed by atoms with Gasteiger partial charge in [-0.2, -0.15) is 0 Å². The summed E-state index contributed by atoms with van der Waals surface area (Å²) >= 11 is 0. The number of carbonyl (C=O) groups is 2. The third-order valence-electron chi connectivity index (χ3n) is 4.26. The van der Waals surface area contributed by atoms with Gasteiger partial charge in [0.2, 0.25) is 0 Å². The van der Waals surface area contributed by atoms with E-state index in [-0.39, 0.29) is 5.57 Å². The predicted molar refractivity (Wildman–Crippen MR) is 112 cm³/mol. The van der Waals surface area contributed by atoms with Gasteiger partial charge in [0.05, 0.1) is 5.83 Å². The van der Waals surface area contributed by atoms with Gasteiger partial charge in [0.1, 0.15) is 29.4 Å². The van der Waals surface area contributed by atoms with Gasteiger partial charge < -0.3 is 14.8 Å². The molecule has 172 valence electrons. The van der Waals surface area contributed by atoms with E-state index in [2.05, 4.69) is 5.32 Å². The Morgan fingerprint density at radius 1 is 1.06 bits per heavy atom. The summed E-state index contributed by atoms with van der Waals surface area (Å²) in [6.07, 6.45) is -0.960. The number of carbonyl (C=O) groups excluding carboxylic acids is 2. The van der Waals surface area contributed by atoms with Crippen molar-refractivity contribution in [3.05, 3.63) is 58.9 Å². The van der Waals surface area contributed by atoms with E-state index in [0.717, 1.165) is 13.0 Å². The van der Waals surface area contributed by atoms with Gasteiger partial charge in [0, 0.05) is 12.0 Å². The van der Waals surface area contributed by atoms with Crippen LogP contribution in [0.5, 0.6) is 0 Å². The first kappa shape index (κ1) is 26.3. The molecule has 1 amide bonds. The lowest BCUT2D eigenvalue weighted by Crippen LogP contribution is -2.43. The number of hydrogen-bond acceptors (Lipinski definition) is 4. The van der Waals surface area contributed by atoms with Crippen LogP contribution in [0.25, 0.3) is 0 Å². The number of alkyl carbamates (subject to hydrolysis) is 1. The summed E-state index contributed by atoms with van der Waals surface area (Å²) in [7, 11) is 0. The van der Waals surface area contributed by atoms with Crippen molar-refractivity contribution in [2.45, 2.75) is 72.1 Å². The molecule has 0 heterocycles. The molecular formula is C23H30F3NO4. The molecule has 1 rings (SSSR count). The largest absolute Gasteiger partial charge is 0.460 e. The molecule has 0 aliphatic heterocycles. The van der Waals surface area contributed by atoms with Gasteiger partial charge in [-0.25, -0.2) is 22.8 Å².